The number of nitrogens with zero attached hydrogens (tertiary/aromatic N) is 4. The van der Waals surface area contributed by atoms with Gasteiger partial charge in [0.2, 0.25) is 17.8 Å². The molecule has 2 aliphatic heterocycles. The second-order valence-electron chi connectivity index (χ2n) is 8.93. The summed E-state index contributed by atoms with van der Waals surface area (Å²) in [6.07, 6.45) is 0.493. The number of carbonyl (C=O) groups excluding carboxylic acids is 3. The molecule has 0 radical (unpaired) electrons. The quantitative estimate of drug-likeness (QED) is 0.432. The lowest BCUT2D eigenvalue weighted by molar-refractivity contribution is -0.122. The van der Waals surface area contributed by atoms with Gasteiger partial charge in [0.1, 0.15) is 18.5 Å². The molecule has 36 heavy (non-hydrogen) atoms. The average molecular weight is 491 g/mol. The molecule has 1 saturated heterocycles. The number of fused-ring (bicyclic) bond motifs is 3. The molecule has 1 atom stereocenters. The fourth-order valence-electron chi connectivity index (χ4n) is 4.46. The predicted molar refractivity (Wildman–Crippen MR) is 130 cm³/mol. The Morgan fingerprint density at radius 1 is 1.17 bits per heavy atom. The van der Waals surface area contributed by atoms with Crippen LogP contribution in [0, 0.1) is 5.95 Å². The number of anilines is 3. The molecule has 2 aromatic heterocycles. The van der Waals surface area contributed by atoms with Gasteiger partial charge in [-0.15, -0.1) is 0 Å². The molecule has 0 aliphatic carbocycles. The fourth-order valence-corrected chi connectivity index (χ4v) is 4.46. The van der Waals surface area contributed by atoms with Crippen LogP contribution in [0.4, 0.5) is 26.0 Å². The van der Waals surface area contributed by atoms with E-state index in [1.165, 1.54) is 24.1 Å². The highest BCUT2D eigenvalue weighted by Crippen LogP contribution is 2.43. The number of rotatable bonds is 5. The maximum absolute atomic E-state index is 15.5. The number of hydrogen-bond acceptors (Lipinski definition) is 6. The van der Waals surface area contributed by atoms with E-state index in [9.17, 15) is 18.8 Å². The second-order valence-corrected chi connectivity index (χ2v) is 8.93. The highest BCUT2D eigenvalue weighted by atomic mass is 19.1. The lowest BCUT2D eigenvalue weighted by atomic mass is 9.98. The van der Waals surface area contributed by atoms with Crippen molar-refractivity contribution in [2.45, 2.75) is 25.9 Å². The Morgan fingerprint density at radius 2 is 1.89 bits per heavy atom. The molecule has 1 aromatic carbocycles. The third-order valence-electron chi connectivity index (χ3n) is 6.42. The molecule has 8 nitrogen and oxygen atoms in total. The van der Waals surface area contributed by atoms with Crippen molar-refractivity contribution < 1.29 is 23.2 Å². The summed E-state index contributed by atoms with van der Waals surface area (Å²) in [7, 11) is 0. The van der Waals surface area contributed by atoms with Gasteiger partial charge in [-0.25, -0.2) is 9.37 Å². The summed E-state index contributed by atoms with van der Waals surface area (Å²) in [5.74, 6) is -2.43. The molecule has 1 unspecified atom stereocenters. The first-order valence-electron chi connectivity index (χ1n) is 11.5. The van der Waals surface area contributed by atoms with Crippen molar-refractivity contribution in [1.29, 1.82) is 0 Å². The van der Waals surface area contributed by atoms with E-state index >= 15 is 4.39 Å². The Balaban J connectivity index is 1.53. The number of Topliss-reactive ketones (excluding diaryl/α,β-unsaturated/α-hetero) is 1. The van der Waals surface area contributed by atoms with Gasteiger partial charge in [0.05, 0.1) is 36.0 Å². The zero-order valence-electron chi connectivity index (χ0n) is 19.7. The molecule has 3 aromatic rings. The SMILES string of the molecule is CC(=O)c1ccc(NC(=O)CN2C(=O)C(C)c3ncccc3-c3c2cc(N2CC(F)C2)nc3F)cc1. The fraction of sp³-hybridized carbons (Fsp3) is 0.269. The molecular formula is C26H23F2N5O3. The molecule has 184 valence electrons. The summed E-state index contributed by atoms with van der Waals surface area (Å²) in [6.45, 7) is 2.85. The van der Waals surface area contributed by atoms with Gasteiger partial charge in [0.25, 0.3) is 0 Å². The van der Waals surface area contributed by atoms with Crippen LogP contribution < -0.4 is 15.1 Å². The van der Waals surface area contributed by atoms with E-state index in [1.807, 2.05) is 0 Å². The van der Waals surface area contributed by atoms with Crippen molar-refractivity contribution in [3.63, 3.8) is 0 Å². The number of nitrogens with one attached hydrogen (secondary N) is 1. The smallest absolute Gasteiger partial charge is 0.244 e. The van der Waals surface area contributed by atoms with Crippen LogP contribution in [0.5, 0.6) is 0 Å². The monoisotopic (exact) mass is 491 g/mol. The summed E-state index contributed by atoms with van der Waals surface area (Å²) in [4.78, 5) is 49.2. The lowest BCUT2D eigenvalue weighted by Gasteiger charge is -2.36. The predicted octanol–water partition coefficient (Wildman–Crippen LogP) is 3.73. The third-order valence-corrected chi connectivity index (χ3v) is 6.42. The van der Waals surface area contributed by atoms with Crippen LogP contribution in [0.25, 0.3) is 11.1 Å². The number of carbonyl (C=O) groups is 3. The summed E-state index contributed by atoms with van der Waals surface area (Å²) < 4.78 is 29.0. The van der Waals surface area contributed by atoms with Crippen LogP contribution in [0.2, 0.25) is 0 Å². The molecule has 5 rings (SSSR count). The minimum atomic E-state index is -1.03. The van der Waals surface area contributed by atoms with Crippen molar-refractivity contribution >= 4 is 34.8 Å². The maximum Gasteiger partial charge on any atom is 0.244 e. The zero-order chi connectivity index (χ0) is 25.6. The Kier molecular flexibility index (Phi) is 5.95. The van der Waals surface area contributed by atoms with Crippen molar-refractivity contribution in [2.75, 3.05) is 34.8 Å². The zero-order valence-corrected chi connectivity index (χ0v) is 19.7. The van der Waals surface area contributed by atoms with Crippen LogP contribution in [0.1, 0.15) is 35.8 Å². The maximum atomic E-state index is 15.5. The number of pyridine rings is 2. The van der Waals surface area contributed by atoms with Gasteiger partial charge in [-0.1, -0.05) is 6.07 Å². The molecule has 2 aliphatic rings. The molecule has 4 heterocycles. The molecule has 10 heteroatoms. The van der Waals surface area contributed by atoms with Crippen molar-refractivity contribution in [2.24, 2.45) is 0 Å². The number of alkyl halides is 1. The largest absolute Gasteiger partial charge is 0.350 e. The van der Waals surface area contributed by atoms with Crippen LogP contribution in [-0.4, -0.2) is 53.4 Å². The average Bonchev–Trinajstić information content (AvgIpc) is 2.92. The molecule has 1 fully saturated rings. The number of benzene rings is 1. The molecule has 0 bridgehead atoms. The summed E-state index contributed by atoms with van der Waals surface area (Å²) in [5.41, 5.74) is 1.98. The first kappa shape index (κ1) is 23.5. The number of hydrogen-bond donors (Lipinski definition) is 1. The lowest BCUT2D eigenvalue weighted by Crippen LogP contribution is -2.49. The highest BCUT2D eigenvalue weighted by molar-refractivity contribution is 6.09. The Labute approximate surface area is 206 Å². The van der Waals surface area contributed by atoms with E-state index in [4.69, 9.17) is 0 Å². The van der Waals surface area contributed by atoms with Crippen molar-refractivity contribution in [3.05, 3.63) is 65.9 Å². The minimum Gasteiger partial charge on any atom is -0.350 e. The highest BCUT2D eigenvalue weighted by Gasteiger charge is 2.37. The van der Waals surface area contributed by atoms with E-state index < -0.39 is 36.4 Å². The first-order valence-corrected chi connectivity index (χ1v) is 11.5. The number of amides is 2. The Morgan fingerprint density at radius 3 is 2.56 bits per heavy atom. The van der Waals surface area contributed by atoms with Gasteiger partial charge in [-0.3, -0.25) is 19.4 Å². The van der Waals surface area contributed by atoms with E-state index in [2.05, 4.69) is 15.3 Å². The number of ketones is 1. The second kappa shape index (κ2) is 9.10. The van der Waals surface area contributed by atoms with Gasteiger partial charge < -0.3 is 15.1 Å². The van der Waals surface area contributed by atoms with E-state index in [0.717, 1.165) is 0 Å². The number of halogens is 2. The van der Waals surface area contributed by atoms with E-state index in [1.54, 1.807) is 48.2 Å². The van der Waals surface area contributed by atoms with Gasteiger partial charge in [-0.2, -0.15) is 4.39 Å². The number of aromatic nitrogens is 2. The Hall–Kier alpha value is -4.21. The Bertz CT molecular complexity index is 1370. The molecule has 0 saturated carbocycles. The van der Waals surface area contributed by atoms with Crippen LogP contribution >= 0.6 is 0 Å². The molecule has 0 spiro atoms. The summed E-state index contributed by atoms with van der Waals surface area (Å²) in [5, 5.41) is 2.71. The minimum absolute atomic E-state index is 0.0653. The van der Waals surface area contributed by atoms with Crippen molar-refractivity contribution in [3.8, 4) is 11.1 Å². The topological polar surface area (TPSA) is 95.5 Å². The summed E-state index contributed by atoms with van der Waals surface area (Å²) >= 11 is 0. The van der Waals surface area contributed by atoms with E-state index in [-0.39, 0.29) is 35.9 Å². The first-order chi connectivity index (χ1) is 17.2. The molecule has 1 N–H and O–H groups in total. The standard InChI is InChI=1S/C26H23F2N5O3/c1-14-24-19(4-3-9-29-24)23-20(10-21(31-25(23)28)32-11-17(27)12-32)33(26(14)36)13-22(35)30-18-7-5-16(6-8-18)15(2)34/h3-10,14,17H,11-13H2,1-2H3,(H,30,35). The summed E-state index contributed by atoms with van der Waals surface area (Å²) in [6, 6.07) is 11.2. The van der Waals surface area contributed by atoms with Crippen LogP contribution in [0.15, 0.2) is 48.7 Å². The normalized spacial score (nSPS) is 17.1. The van der Waals surface area contributed by atoms with Gasteiger partial charge in [0, 0.05) is 29.1 Å². The van der Waals surface area contributed by atoms with E-state index in [0.29, 0.717) is 22.5 Å². The molecular weight excluding hydrogens is 468 g/mol. The van der Waals surface area contributed by atoms with Crippen LogP contribution in [-0.2, 0) is 9.59 Å². The molecule has 2 amide bonds. The van der Waals surface area contributed by atoms with Gasteiger partial charge in [-0.05, 0) is 44.2 Å². The van der Waals surface area contributed by atoms with Gasteiger partial charge in [0.15, 0.2) is 5.78 Å². The third kappa shape index (κ3) is 4.19. The van der Waals surface area contributed by atoms with Gasteiger partial charge >= 0.3 is 0 Å². The van der Waals surface area contributed by atoms with Crippen molar-refractivity contribution in [1.82, 2.24) is 9.97 Å². The van der Waals surface area contributed by atoms with Crippen LogP contribution in [0.3, 0.4) is 0 Å².